The monoisotopic (exact) mass is 304 g/mol. The van der Waals surface area contributed by atoms with Gasteiger partial charge >= 0.3 is 11.1 Å². The number of nitro groups is 1. The number of nitro benzene ring substituents is 1. The number of hydrogen-bond acceptors (Lipinski definition) is 5. The second kappa shape index (κ2) is 5.38. The van der Waals surface area contributed by atoms with Gasteiger partial charge < -0.3 is 9.97 Å². The second-order valence-corrected chi connectivity index (χ2v) is 5.47. The number of nitrogens with one attached hydrogen (secondary N) is 2. The molecule has 0 bridgehead atoms. The van der Waals surface area contributed by atoms with Crippen LogP contribution in [0.1, 0.15) is 24.5 Å². The summed E-state index contributed by atoms with van der Waals surface area (Å²) >= 11 is 0. The van der Waals surface area contributed by atoms with E-state index in [4.69, 9.17) is 0 Å². The Kier molecular flexibility index (Phi) is 3.53. The van der Waals surface area contributed by atoms with Crippen LogP contribution in [0.15, 0.2) is 15.7 Å². The predicted octanol–water partition coefficient (Wildman–Crippen LogP) is 0.893. The minimum absolute atomic E-state index is 0.00833. The quantitative estimate of drug-likeness (QED) is 0.497. The SMILES string of the molecule is CCCN1CCc2c(c([N+](=O)[O-])cc3[nH]c(=O)c(=O)[nH]c23)C1. The molecule has 22 heavy (non-hydrogen) atoms. The van der Waals surface area contributed by atoms with Gasteiger partial charge in [0.2, 0.25) is 0 Å². The first-order valence-electron chi connectivity index (χ1n) is 7.19. The van der Waals surface area contributed by atoms with Crippen molar-refractivity contribution in [2.45, 2.75) is 26.3 Å². The van der Waals surface area contributed by atoms with Gasteiger partial charge in [-0.25, -0.2) is 0 Å². The van der Waals surface area contributed by atoms with Crippen LogP contribution < -0.4 is 11.1 Å². The Morgan fingerprint density at radius 2 is 2.00 bits per heavy atom. The highest BCUT2D eigenvalue weighted by Crippen LogP contribution is 2.32. The van der Waals surface area contributed by atoms with E-state index in [1.807, 2.05) is 0 Å². The van der Waals surface area contributed by atoms with Crippen LogP contribution in [0.25, 0.3) is 11.0 Å². The molecule has 8 heteroatoms. The van der Waals surface area contributed by atoms with Gasteiger partial charge in [-0.15, -0.1) is 0 Å². The van der Waals surface area contributed by atoms with Crippen LogP contribution in [-0.2, 0) is 13.0 Å². The van der Waals surface area contributed by atoms with Crippen LogP contribution in [0.3, 0.4) is 0 Å². The third-order valence-electron chi connectivity index (χ3n) is 4.01. The van der Waals surface area contributed by atoms with Crippen LogP contribution in [0.2, 0.25) is 0 Å². The molecular formula is C14H16N4O4. The van der Waals surface area contributed by atoms with E-state index in [1.165, 1.54) is 6.07 Å². The van der Waals surface area contributed by atoms with E-state index in [9.17, 15) is 19.7 Å². The molecule has 1 aliphatic rings. The molecule has 0 spiro atoms. The molecule has 3 rings (SSSR count). The standard InChI is InChI=1S/C14H16N4O4/c1-2-4-17-5-3-8-9(7-17)11(18(21)22)6-10-12(8)16-14(20)13(19)15-10/h6H,2-5,7H2,1H3,(H,15,19)(H,16,20). The minimum atomic E-state index is -0.801. The number of fused-ring (bicyclic) bond motifs is 3. The Balaban J connectivity index is 2.27. The lowest BCUT2D eigenvalue weighted by atomic mass is 9.96. The summed E-state index contributed by atoms with van der Waals surface area (Å²) in [5.41, 5.74) is 0.640. The smallest absolute Gasteiger partial charge is 0.314 e. The van der Waals surface area contributed by atoms with Crippen molar-refractivity contribution < 1.29 is 4.92 Å². The summed E-state index contributed by atoms with van der Waals surface area (Å²) < 4.78 is 0. The maximum atomic E-state index is 11.6. The van der Waals surface area contributed by atoms with Crippen molar-refractivity contribution in [3.05, 3.63) is 48.0 Å². The Morgan fingerprint density at radius 3 is 2.68 bits per heavy atom. The average molecular weight is 304 g/mol. The number of aromatic nitrogens is 2. The van der Waals surface area contributed by atoms with Gasteiger partial charge in [-0.3, -0.25) is 24.6 Å². The fourth-order valence-corrected chi connectivity index (χ4v) is 3.05. The summed E-state index contributed by atoms with van der Waals surface area (Å²) in [6.45, 7) is 4.19. The maximum absolute atomic E-state index is 11.6. The lowest BCUT2D eigenvalue weighted by Crippen LogP contribution is -2.33. The molecule has 0 saturated carbocycles. The van der Waals surface area contributed by atoms with Crippen molar-refractivity contribution in [1.29, 1.82) is 0 Å². The lowest BCUT2D eigenvalue weighted by Gasteiger charge is -2.28. The predicted molar refractivity (Wildman–Crippen MR) is 81.1 cm³/mol. The van der Waals surface area contributed by atoms with Crippen LogP contribution in [0.5, 0.6) is 0 Å². The molecule has 0 unspecified atom stereocenters. The maximum Gasteiger partial charge on any atom is 0.314 e. The fourth-order valence-electron chi connectivity index (χ4n) is 3.05. The van der Waals surface area contributed by atoms with Crippen LogP contribution in [-0.4, -0.2) is 32.9 Å². The van der Waals surface area contributed by atoms with Gasteiger partial charge in [0, 0.05) is 24.7 Å². The Hall–Kier alpha value is -2.48. The van der Waals surface area contributed by atoms with Crippen molar-refractivity contribution in [3.63, 3.8) is 0 Å². The van der Waals surface area contributed by atoms with E-state index in [0.29, 0.717) is 29.6 Å². The van der Waals surface area contributed by atoms with E-state index < -0.39 is 16.0 Å². The number of benzene rings is 1. The molecule has 116 valence electrons. The molecule has 0 saturated heterocycles. The van der Waals surface area contributed by atoms with E-state index in [2.05, 4.69) is 21.8 Å². The van der Waals surface area contributed by atoms with Crippen LogP contribution in [0, 0.1) is 10.1 Å². The summed E-state index contributed by atoms with van der Waals surface area (Å²) in [5, 5.41) is 11.4. The van der Waals surface area contributed by atoms with E-state index in [0.717, 1.165) is 25.1 Å². The molecule has 1 aliphatic heterocycles. The number of nitrogens with zero attached hydrogens (tertiary/aromatic N) is 2. The summed E-state index contributed by atoms with van der Waals surface area (Å²) in [7, 11) is 0. The third kappa shape index (κ3) is 2.31. The van der Waals surface area contributed by atoms with Crippen LogP contribution >= 0.6 is 0 Å². The van der Waals surface area contributed by atoms with E-state index in [1.54, 1.807) is 0 Å². The molecule has 8 nitrogen and oxygen atoms in total. The number of hydrogen-bond donors (Lipinski definition) is 2. The van der Waals surface area contributed by atoms with Crippen molar-refractivity contribution in [2.75, 3.05) is 13.1 Å². The Morgan fingerprint density at radius 1 is 1.27 bits per heavy atom. The highest BCUT2D eigenvalue weighted by atomic mass is 16.6. The summed E-state index contributed by atoms with van der Waals surface area (Å²) in [5.74, 6) is 0. The molecule has 1 aromatic carbocycles. The van der Waals surface area contributed by atoms with E-state index in [-0.39, 0.29) is 5.69 Å². The van der Waals surface area contributed by atoms with Gasteiger partial charge in [-0.2, -0.15) is 0 Å². The number of H-pyrrole nitrogens is 2. The topological polar surface area (TPSA) is 112 Å². The molecule has 2 N–H and O–H groups in total. The first kappa shape index (κ1) is 14.5. The van der Waals surface area contributed by atoms with Crippen molar-refractivity contribution in [1.82, 2.24) is 14.9 Å². The molecular weight excluding hydrogens is 288 g/mol. The first-order chi connectivity index (χ1) is 10.5. The molecule has 1 aromatic heterocycles. The molecule has 0 fully saturated rings. The van der Waals surface area contributed by atoms with Gasteiger partial charge in [0.1, 0.15) is 0 Å². The number of aromatic amines is 2. The summed E-state index contributed by atoms with van der Waals surface area (Å²) in [4.78, 5) is 41.1. The van der Waals surface area contributed by atoms with Gasteiger partial charge in [0.25, 0.3) is 5.69 Å². The zero-order valence-electron chi connectivity index (χ0n) is 12.1. The van der Waals surface area contributed by atoms with Gasteiger partial charge in [-0.05, 0) is 24.9 Å². The third-order valence-corrected chi connectivity index (χ3v) is 4.01. The highest BCUT2D eigenvalue weighted by molar-refractivity contribution is 5.83. The van der Waals surface area contributed by atoms with Gasteiger partial charge in [0.15, 0.2) is 0 Å². The van der Waals surface area contributed by atoms with E-state index >= 15 is 0 Å². The van der Waals surface area contributed by atoms with Crippen LogP contribution in [0.4, 0.5) is 5.69 Å². The summed E-state index contributed by atoms with van der Waals surface area (Å²) in [6.07, 6.45) is 1.58. The number of rotatable bonds is 3. The fraction of sp³-hybridized carbons (Fsp3) is 0.429. The first-order valence-corrected chi connectivity index (χ1v) is 7.19. The zero-order chi connectivity index (χ0) is 15.9. The summed E-state index contributed by atoms with van der Waals surface area (Å²) in [6, 6.07) is 1.33. The molecule has 0 amide bonds. The minimum Gasteiger partial charge on any atom is -0.316 e. The molecule has 0 aliphatic carbocycles. The highest BCUT2D eigenvalue weighted by Gasteiger charge is 2.27. The normalized spacial score (nSPS) is 15.0. The van der Waals surface area contributed by atoms with Crippen molar-refractivity contribution in [3.8, 4) is 0 Å². The molecule has 0 radical (unpaired) electrons. The molecule has 0 atom stereocenters. The van der Waals surface area contributed by atoms with Gasteiger partial charge in [-0.1, -0.05) is 6.92 Å². The molecule has 2 aromatic rings. The Labute approximate surface area is 124 Å². The molecule has 2 heterocycles. The van der Waals surface area contributed by atoms with Crippen molar-refractivity contribution >= 4 is 16.7 Å². The Bertz CT molecular complexity index is 867. The lowest BCUT2D eigenvalue weighted by molar-refractivity contribution is -0.385. The largest absolute Gasteiger partial charge is 0.316 e. The van der Waals surface area contributed by atoms with Gasteiger partial charge in [0.05, 0.1) is 16.0 Å². The van der Waals surface area contributed by atoms with Crippen molar-refractivity contribution in [2.24, 2.45) is 0 Å². The average Bonchev–Trinajstić information content (AvgIpc) is 2.48. The zero-order valence-corrected chi connectivity index (χ0v) is 12.1. The second-order valence-electron chi connectivity index (χ2n) is 5.47.